The summed E-state index contributed by atoms with van der Waals surface area (Å²) in [5, 5.41) is 1.06. The zero-order valence-corrected chi connectivity index (χ0v) is 50.3. The van der Waals surface area contributed by atoms with Crippen molar-refractivity contribution in [1.82, 2.24) is 4.98 Å². The number of aromatic nitrogens is 1. The minimum Gasteiger partial charge on any atom is -0.311 e. The summed E-state index contributed by atoms with van der Waals surface area (Å²) in [6, 6.07) is 53.5. The fraction of sp³-hybridized carbons (Fsp3) is 0.411. The van der Waals surface area contributed by atoms with E-state index in [-0.39, 0.29) is 39.2 Å². The van der Waals surface area contributed by atoms with Gasteiger partial charge in [-0.3, -0.25) is 0 Å². The highest BCUT2D eigenvalue weighted by Gasteiger charge is 2.53. The van der Waals surface area contributed by atoms with Crippen molar-refractivity contribution >= 4 is 78.8 Å². The highest BCUT2D eigenvalue weighted by molar-refractivity contribution is 7.21. The maximum Gasteiger partial charge on any atom is 0.252 e. The molecule has 4 fully saturated rings. The molecule has 0 spiro atoms. The fourth-order valence-corrected chi connectivity index (χ4v) is 16.0. The van der Waals surface area contributed by atoms with Crippen LogP contribution in [0.15, 0.2) is 133 Å². The van der Waals surface area contributed by atoms with Crippen molar-refractivity contribution in [2.24, 2.45) is 17.8 Å². The van der Waals surface area contributed by atoms with E-state index in [9.17, 15) is 0 Å². The Bertz CT molecular complexity index is 3600. The minimum atomic E-state index is -0.0576. The van der Waals surface area contributed by atoms with Crippen LogP contribution in [0.4, 0.5) is 34.1 Å². The van der Waals surface area contributed by atoms with Gasteiger partial charge in [-0.15, -0.1) is 11.3 Å². The van der Waals surface area contributed by atoms with Crippen LogP contribution in [-0.2, 0) is 32.5 Å². The maximum absolute atomic E-state index is 5.60. The zero-order valence-electron chi connectivity index (χ0n) is 49.5. The van der Waals surface area contributed by atoms with Gasteiger partial charge >= 0.3 is 0 Å². The van der Waals surface area contributed by atoms with Crippen LogP contribution >= 0.6 is 11.3 Å². The van der Waals surface area contributed by atoms with E-state index in [0.29, 0.717) is 0 Å². The third-order valence-corrected chi connectivity index (χ3v) is 20.3. The van der Waals surface area contributed by atoms with E-state index in [2.05, 4.69) is 247 Å². The molecular formula is C73H82BN3S. The normalized spacial score (nSPS) is 20.8. The van der Waals surface area contributed by atoms with Crippen molar-refractivity contribution in [3.63, 3.8) is 0 Å². The topological polar surface area (TPSA) is 19.4 Å². The van der Waals surface area contributed by atoms with Gasteiger partial charge in [-0.1, -0.05) is 183 Å². The summed E-state index contributed by atoms with van der Waals surface area (Å²) in [6.07, 6.45) is 8.20. The summed E-state index contributed by atoms with van der Waals surface area (Å²) >= 11 is 1.84. The molecule has 6 aliphatic rings. The molecule has 7 aromatic carbocycles. The lowest BCUT2D eigenvalue weighted by atomic mass is 9.33. The van der Waals surface area contributed by atoms with E-state index < -0.39 is 0 Å². The van der Waals surface area contributed by atoms with Crippen molar-refractivity contribution < 1.29 is 0 Å². The van der Waals surface area contributed by atoms with Gasteiger partial charge in [-0.05, 0) is 204 Å². The van der Waals surface area contributed by atoms with Gasteiger partial charge in [-0.2, -0.15) is 0 Å². The summed E-state index contributed by atoms with van der Waals surface area (Å²) in [5.41, 5.74) is 25.1. The Morgan fingerprint density at radius 1 is 0.423 bits per heavy atom. The lowest BCUT2D eigenvalue weighted by molar-refractivity contribution is -0.00514. The Kier molecular flexibility index (Phi) is 11.6. The molecule has 0 atom stereocenters. The second-order valence-corrected chi connectivity index (χ2v) is 31.2. The Hall–Kier alpha value is -5.91. The first-order valence-corrected chi connectivity index (χ1v) is 30.4. The molecular weight excluding hydrogens is 962 g/mol. The van der Waals surface area contributed by atoms with Crippen molar-refractivity contribution in [2.45, 2.75) is 175 Å². The molecule has 0 unspecified atom stereocenters. The van der Waals surface area contributed by atoms with E-state index in [1.165, 1.54) is 133 Å². The van der Waals surface area contributed by atoms with Crippen molar-refractivity contribution in [2.75, 3.05) is 9.80 Å². The molecule has 4 saturated carbocycles. The van der Waals surface area contributed by atoms with Gasteiger partial charge in [0.2, 0.25) is 0 Å². The predicted molar refractivity (Wildman–Crippen MR) is 338 cm³/mol. The Morgan fingerprint density at radius 2 is 0.872 bits per heavy atom. The highest BCUT2D eigenvalue weighted by atomic mass is 32.1. The van der Waals surface area contributed by atoms with Gasteiger partial charge in [0.15, 0.2) is 0 Å². The number of thiazole rings is 1. The van der Waals surface area contributed by atoms with E-state index in [1.807, 2.05) is 11.3 Å². The summed E-state index contributed by atoms with van der Waals surface area (Å²) in [7, 11) is 0. The number of anilines is 6. The highest BCUT2D eigenvalue weighted by Crippen LogP contribution is 2.62. The predicted octanol–water partition coefficient (Wildman–Crippen LogP) is 18.7. The molecule has 4 aliphatic carbocycles. The van der Waals surface area contributed by atoms with Crippen LogP contribution in [0.1, 0.15) is 176 Å². The Labute approximate surface area is 472 Å². The average Bonchev–Trinajstić information content (AvgIpc) is 3.23. The zero-order chi connectivity index (χ0) is 54.8. The lowest BCUT2D eigenvalue weighted by Crippen LogP contribution is -2.61. The first kappa shape index (κ1) is 51.5. The van der Waals surface area contributed by atoms with Gasteiger partial charge < -0.3 is 9.80 Å². The quantitative estimate of drug-likeness (QED) is 0.160. The molecule has 2 aliphatic heterocycles. The molecule has 3 nitrogen and oxygen atoms in total. The van der Waals surface area contributed by atoms with Gasteiger partial charge in [-0.25, -0.2) is 4.98 Å². The first-order chi connectivity index (χ1) is 36.7. The molecule has 0 N–H and O–H groups in total. The average molecular weight is 1040 g/mol. The monoisotopic (exact) mass is 1040 g/mol. The van der Waals surface area contributed by atoms with Crippen LogP contribution in [0.2, 0.25) is 0 Å². The number of rotatable bonds is 5. The smallest absolute Gasteiger partial charge is 0.252 e. The van der Waals surface area contributed by atoms with Crippen LogP contribution in [0.5, 0.6) is 0 Å². The van der Waals surface area contributed by atoms with Gasteiger partial charge in [0.1, 0.15) is 5.01 Å². The van der Waals surface area contributed by atoms with Crippen molar-refractivity contribution in [1.29, 1.82) is 0 Å². The molecule has 14 rings (SSSR count). The standard InChI is InChI=1S/C73H82BN3S/c1-68(2,3)50-22-20-48(21-23-50)47-16-18-49(19-17-47)67-75-60-39-59-62(40-65(60)78-67)77(57-34-53(71(10,11)12)33-54(35-57)72(13,14)15)64-38-55(73-41-44-30-45(42-73)32-46(31-44)43-73)37-63-66(64)74(59)58-36-52(70(7,8)9)26-29-61(58)76(63)56-27-24-51(25-28-56)69(4,5)6/h16-29,33-40,44-46H,30-32,41-43H2,1-15H3. The van der Waals surface area contributed by atoms with E-state index >= 15 is 0 Å². The van der Waals surface area contributed by atoms with Crippen molar-refractivity contribution in [3.05, 3.63) is 167 Å². The summed E-state index contributed by atoms with van der Waals surface area (Å²) < 4.78 is 1.22. The second kappa shape index (κ2) is 17.5. The van der Waals surface area contributed by atoms with Gasteiger partial charge in [0, 0.05) is 39.7 Å². The summed E-state index contributed by atoms with van der Waals surface area (Å²) in [4.78, 5) is 11.0. The van der Waals surface area contributed by atoms with Gasteiger partial charge in [0.25, 0.3) is 6.71 Å². The van der Waals surface area contributed by atoms with Crippen molar-refractivity contribution in [3.8, 4) is 21.7 Å². The lowest BCUT2D eigenvalue weighted by Gasteiger charge is -2.57. The number of nitrogens with zero attached hydrogens (tertiary/aromatic N) is 3. The third-order valence-electron chi connectivity index (χ3n) is 19.2. The molecule has 0 amide bonds. The molecule has 1 aromatic heterocycles. The molecule has 8 aromatic rings. The molecule has 4 bridgehead atoms. The van der Waals surface area contributed by atoms with Crippen LogP contribution in [0, 0.1) is 17.8 Å². The summed E-state index contributed by atoms with van der Waals surface area (Å²) in [5.74, 6) is 2.48. The largest absolute Gasteiger partial charge is 0.311 e. The molecule has 398 valence electrons. The van der Waals surface area contributed by atoms with Crippen LogP contribution in [0.25, 0.3) is 31.9 Å². The van der Waals surface area contributed by atoms with Gasteiger partial charge in [0.05, 0.1) is 10.2 Å². The Balaban J connectivity index is 1.08. The molecule has 0 radical (unpaired) electrons. The summed E-state index contributed by atoms with van der Waals surface area (Å²) in [6.45, 7) is 35.3. The van der Waals surface area contributed by atoms with E-state index in [1.54, 1.807) is 5.56 Å². The molecule has 3 heterocycles. The number of hydrogen-bond acceptors (Lipinski definition) is 4. The van der Waals surface area contributed by atoms with E-state index in [0.717, 1.165) is 33.8 Å². The van der Waals surface area contributed by atoms with Crippen LogP contribution in [0.3, 0.4) is 0 Å². The maximum atomic E-state index is 5.60. The van der Waals surface area contributed by atoms with Crippen LogP contribution in [-0.4, -0.2) is 11.7 Å². The Morgan fingerprint density at radius 3 is 1.38 bits per heavy atom. The number of fused-ring (bicyclic) bond motifs is 5. The molecule has 78 heavy (non-hydrogen) atoms. The fourth-order valence-electron chi connectivity index (χ4n) is 15.0. The second-order valence-electron chi connectivity index (χ2n) is 30.1. The SMILES string of the molecule is CC(C)(C)c1ccc(-c2ccc(-c3nc4cc5c(cc4s3)N(c3cc(C(C)(C)C)cc(C(C)(C)C)c3)c3cc(C46CC7CC(CC(C7)C4)C6)cc4c3B5c3cc(C(C)(C)C)ccc3N4c3ccc(C(C)(C)C)cc3)cc2)cc1. The minimum absolute atomic E-state index is 0.0135. The molecule has 0 saturated heterocycles. The first-order valence-electron chi connectivity index (χ1n) is 29.5. The molecule has 5 heteroatoms. The number of hydrogen-bond donors (Lipinski definition) is 0. The third kappa shape index (κ3) is 8.70. The number of benzene rings is 7. The van der Waals surface area contributed by atoms with Crippen LogP contribution < -0.4 is 26.2 Å². The van der Waals surface area contributed by atoms with E-state index in [4.69, 9.17) is 4.98 Å².